The monoisotopic (exact) mass is 581 g/mol. The molecule has 2 atom stereocenters. The fourth-order valence-corrected chi connectivity index (χ4v) is 8.05. The summed E-state index contributed by atoms with van der Waals surface area (Å²) in [7, 11) is 0. The molecule has 3 nitrogen and oxygen atoms in total. The molecule has 3 heterocycles. The smallest absolute Gasteiger partial charge is 0.155 e. The number of para-hydroxylation sites is 1. The molecule has 1 aliphatic heterocycles. The number of hydrogen-bond acceptors (Lipinski definition) is 4. The van der Waals surface area contributed by atoms with Crippen molar-refractivity contribution in [1.29, 1.82) is 0 Å². The van der Waals surface area contributed by atoms with Crippen LogP contribution >= 0.6 is 11.3 Å². The lowest BCUT2D eigenvalue weighted by atomic mass is 9.76. The van der Waals surface area contributed by atoms with Gasteiger partial charge < -0.3 is 0 Å². The molecular formula is C40H27N3S. The van der Waals surface area contributed by atoms with E-state index in [0.29, 0.717) is 0 Å². The van der Waals surface area contributed by atoms with Crippen LogP contribution in [0.3, 0.4) is 0 Å². The topological polar surface area (TPSA) is 37.6 Å². The Morgan fingerprint density at radius 3 is 2.23 bits per heavy atom. The van der Waals surface area contributed by atoms with Crippen molar-refractivity contribution in [2.45, 2.75) is 12.5 Å². The van der Waals surface area contributed by atoms with Crippen LogP contribution in [0.5, 0.6) is 0 Å². The molecule has 0 bridgehead atoms. The highest BCUT2D eigenvalue weighted by Gasteiger charge is 2.39. The summed E-state index contributed by atoms with van der Waals surface area (Å²) in [4.78, 5) is 16.1. The van der Waals surface area contributed by atoms with Gasteiger partial charge in [-0.1, -0.05) is 127 Å². The largest absolute Gasteiger partial charge is 0.254 e. The van der Waals surface area contributed by atoms with Gasteiger partial charge in [-0.3, -0.25) is 4.99 Å². The van der Waals surface area contributed by atoms with E-state index in [2.05, 4.69) is 128 Å². The molecule has 2 unspecified atom stereocenters. The third-order valence-electron chi connectivity index (χ3n) is 9.03. The molecule has 0 fully saturated rings. The van der Waals surface area contributed by atoms with Gasteiger partial charge in [0.1, 0.15) is 0 Å². The Labute approximate surface area is 259 Å². The third kappa shape index (κ3) is 3.78. The van der Waals surface area contributed by atoms with E-state index in [1.165, 1.54) is 30.9 Å². The molecule has 2 aromatic heterocycles. The molecule has 7 aromatic rings. The molecule has 2 aliphatic rings. The highest BCUT2D eigenvalue weighted by molar-refractivity contribution is 7.26. The SMILES string of the molecule is CC12C=CC=CC1C(c1cccc3c1nc(-c1ccccc1)c1ccc4sc5ccccc5c4c13)=NC(c1ccccc1)=N2. The summed E-state index contributed by atoms with van der Waals surface area (Å²) in [5.41, 5.74) is 5.69. The van der Waals surface area contributed by atoms with Gasteiger partial charge in [-0.2, -0.15) is 0 Å². The maximum Gasteiger partial charge on any atom is 0.155 e. The van der Waals surface area contributed by atoms with Crippen LogP contribution < -0.4 is 0 Å². The maximum atomic E-state index is 5.52. The van der Waals surface area contributed by atoms with Crippen LogP contribution in [0.1, 0.15) is 18.1 Å². The van der Waals surface area contributed by atoms with Crippen LogP contribution in [-0.2, 0) is 0 Å². The third-order valence-corrected chi connectivity index (χ3v) is 10.2. The maximum absolute atomic E-state index is 5.52. The molecule has 1 aliphatic carbocycles. The van der Waals surface area contributed by atoms with Gasteiger partial charge in [-0.05, 0) is 19.1 Å². The number of amidine groups is 1. The summed E-state index contributed by atoms with van der Waals surface area (Å²) >= 11 is 1.85. The Morgan fingerprint density at radius 2 is 1.39 bits per heavy atom. The Hall–Kier alpha value is -5.19. The second-order valence-electron chi connectivity index (χ2n) is 11.7. The number of hydrogen-bond donors (Lipinski definition) is 0. The van der Waals surface area contributed by atoms with Gasteiger partial charge in [0.05, 0.1) is 22.5 Å². The lowest BCUT2D eigenvalue weighted by molar-refractivity contribution is 0.514. The van der Waals surface area contributed by atoms with E-state index >= 15 is 0 Å². The van der Waals surface area contributed by atoms with Crippen molar-refractivity contribution in [3.8, 4) is 11.3 Å². The predicted octanol–water partition coefficient (Wildman–Crippen LogP) is 10.2. The number of allylic oxidation sites excluding steroid dienone is 2. The zero-order chi connectivity index (χ0) is 29.3. The summed E-state index contributed by atoms with van der Waals surface area (Å²) in [6, 6.07) is 40.8. The molecule has 0 radical (unpaired) electrons. The first-order chi connectivity index (χ1) is 21.7. The molecule has 0 spiro atoms. The van der Waals surface area contributed by atoms with Crippen LogP contribution in [0.25, 0.3) is 53.1 Å². The molecule has 4 heteroatoms. The Morgan fingerprint density at radius 1 is 0.636 bits per heavy atom. The van der Waals surface area contributed by atoms with E-state index in [1.54, 1.807) is 0 Å². The lowest BCUT2D eigenvalue weighted by Gasteiger charge is -2.36. The van der Waals surface area contributed by atoms with E-state index in [4.69, 9.17) is 15.0 Å². The second-order valence-corrected chi connectivity index (χ2v) is 12.8. The quantitative estimate of drug-likeness (QED) is 0.191. The summed E-state index contributed by atoms with van der Waals surface area (Å²) < 4.78 is 2.59. The van der Waals surface area contributed by atoms with E-state index in [0.717, 1.165) is 44.8 Å². The fraction of sp³-hybridized carbons (Fsp3) is 0.0750. The average molecular weight is 582 g/mol. The van der Waals surface area contributed by atoms with Crippen molar-refractivity contribution in [3.05, 3.63) is 151 Å². The fourth-order valence-electron chi connectivity index (χ4n) is 6.93. The first-order valence-corrected chi connectivity index (χ1v) is 15.8. The first-order valence-electron chi connectivity index (χ1n) is 15.0. The van der Waals surface area contributed by atoms with Crippen molar-refractivity contribution >= 4 is 64.7 Å². The molecule has 0 saturated carbocycles. The molecule has 44 heavy (non-hydrogen) atoms. The molecule has 9 rings (SSSR count). The van der Waals surface area contributed by atoms with E-state index < -0.39 is 5.54 Å². The number of aromatic nitrogens is 1. The molecular weight excluding hydrogens is 555 g/mol. The number of pyridine rings is 1. The van der Waals surface area contributed by atoms with Crippen LogP contribution in [0.4, 0.5) is 0 Å². The summed E-state index contributed by atoms with van der Waals surface area (Å²) in [6.07, 6.45) is 8.67. The van der Waals surface area contributed by atoms with Gasteiger partial charge in [0.25, 0.3) is 0 Å². The van der Waals surface area contributed by atoms with E-state index in [-0.39, 0.29) is 5.92 Å². The van der Waals surface area contributed by atoms with Gasteiger partial charge in [0.2, 0.25) is 0 Å². The number of benzene rings is 5. The average Bonchev–Trinajstić information content (AvgIpc) is 3.46. The van der Waals surface area contributed by atoms with Crippen LogP contribution in [0.15, 0.2) is 150 Å². The van der Waals surface area contributed by atoms with Gasteiger partial charge in [-0.25, -0.2) is 9.98 Å². The minimum Gasteiger partial charge on any atom is -0.254 e. The second kappa shape index (κ2) is 9.66. The van der Waals surface area contributed by atoms with Crippen molar-refractivity contribution in [2.24, 2.45) is 15.9 Å². The molecule has 208 valence electrons. The summed E-state index contributed by atoms with van der Waals surface area (Å²) in [5.74, 6) is 0.743. The summed E-state index contributed by atoms with van der Waals surface area (Å²) in [6.45, 7) is 2.21. The standard InChI is InChI=1S/C40H27N3S/c1-40-24-11-10-20-31(40)38(42-39(43-40)26-15-6-3-7-16-26)30-19-12-18-28-34-29(36(41-37(28)30)25-13-4-2-5-14-25)22-23-33-35(34)27-17-8-9-21-32(27)44-33/h2-24,31H,1H3. The number of fused-ring (bicyclic) bond motifs is 8. The van der Waals surface area contributed by atoms with Crippen molar-refractivity contribution < 1.29 is 0 Å². The minimum absolute atomic E-state index is 0.0130. The van der Waals surface area contributed by atoms with Gasteiger partial charge >= 0.3 is 0 Å². The van der Waals surface area contributed by atoms with Gasteiger partial charge in [0.15, 0.2) is 5.84 Å². The molecule has 0 amide bonds. The predicted molar refractivity (Wildman–Crippen MR) is 187 cm³/mol. The Kier molecular flexibility index (Phi) is 5.56. The number of rotatable bonds is 3. The highest BCUT2D eigenvalue weighted by Crippen LogP contribution is 2.45. The summed E-state index contributed by atoms with van der Waals surface area (Å²) in [5, 5.41) is 6.15. The van der Waals surface area contributed by atoms with Crippen LogP contribution in [0.2, 0.25) is 0 Å². The Bertz CT molecular complexity index is 2400. The van der Waals surface area contributed by atoms with Gasteiger partial charge in [0, 0.05) is 58.9 Å². The van der Waals surface area contributed by atoms with Crippen LogP contribution in [0, 0.1) is 5.92 Å². The number of nitrogens with zero attached hydrogens (tertiary/aromatic N) is 3. The zero-order valence-corrected chi connectivity index (χ0v) is 24.9. The minimum atomic E-state index is -0.449. The van der Waals surface area contributed by atoms with E-state index in [1.807, 2.05) is 29.5 Å². The first kappa shape index (κ1) is 25.3. The normalized spacial score (nSPS) is 19.4. The van der Waals surface area contributed by atoms with Gasteiger partial charge in [-0.15, -0.1) is 11.3 Å². The molecule has 0 N–H and O–H groups in total. The zero-order valence-electron chi connectivity index (χ0n) is 24.1. The lowest BCUT2D eigenvalue weighted by Crippen LogP contribution is -2.41. The molecule has 0 saturated heterocycles. The van der Waals surface area contributed by atoms with E-state index in [9.17, 15) is 0 Å². The van der Waals surface area contributed by atoms with Crippen molar-refractivity contribution in [2.75, 3.05) is 0 Å². The van der Waals surface area contributed by atoms with Crippen LogP contribution in [-0.4, -0.2) is 22.1 Å². The van der Waals surface area contributed by atoms with Crippen molar-refractivity contribution in [1.82, 2.24) is 4.98 Å². The Balaban J connectivity index is 1.42. The molecule has 5 aromatic carbocycles. The number of aliphatic imine (C=N–C) groups is 2. The number of thiophene rings is 1. The van der Waals surface area contributed by atoms with Crippen molar-refractivity contribution in [3.63, 3.8) is 0 Å². The highest BCUT2D eigenvalue weighted by atomic mass is 32.1.